The first-order valence-corrected chi connectivity index (χ1v) is 7.74. The van der Waals surface area contributed by atoms with Crippen LogP contribution in [0.2, 0.25) is 0 Å². The summed E-state index contributed by atoms with van der Waals surface area (Å²) in [6.45, 7) is 3.54. The van der Waals surface area contributed by atoms with E-state index >= 15 is 0 Å². The predicted molar refractivity (Wildman–Crippen MR) is 80.5 cm³/mol. The van der Waals surface area contributed by atoms with Crippen LogP contribution in [0.25, 0.3) is 11.0 Å². The first-order valence-electron chi connectivity index (χ1n) is 7.74. The lowest BCUT2D eigenvalue weighted by Gasteiger charge is -2.25. The second kappa shape index (κ2) is 5.19. The molecule has 1 fully saturated rings. The van der Waals surface area contributed by atoms with Gasteiger partial charge in [0.2, 0.25) is 0 Å². The lowest BCUT2D eigenvalue weighted by molar-refractivity contribution is -0.00385. The van der Waals surface area contributed by atoms with Crippen molar-refractivity contribution < 1.29 is 18.7 Å². The minimum atomic E-state index is -0.335. The third-order valence-corrected chi connectivity index (χ3v) is 4.73. The molecule has 23 heavy (non-hydrogen) atoms. The molecule has 0 saturated carbocycles. The van der Waals surface area contributed by atoms with E-state index in [1.54, 1.807) is 11.0 Å². The van der Waals surface area contributed by atoms with Crippen molar-refractivity contribution in [3.8, 4) is 0 Å². The Balaban J connectivity index is 1.80. The van der Waals surface area contributed by atoms with E-state index in [-0.39, 0.29) is 24.1 Å². The molecule has 2 aliphatic rings. The minimum absolute atomic E-state index is 0.0536. The summed E-state index contributed by atoms with van der Waals surface area (Å²) in [4.78, 5) is 17.9. The molecular weight excluding hydrogens is 301 g/mol. The molecule has 0 unspecified atom stereocenters. The Morgan fingerprint density at radius 1 is 1.48 bits per heavy atom. The van der Waals surface area contributed by atoms with Gasteiger partial charge < -0.3 is 18.9 Å². The molecule has 1 saturated heterocycles. The van der Waals surface area contributed by atoms with Crippen LogP contribution in [0.15, 0.2) is 12.1 Å². The molecule has 7 heteroatoms. The standard InChI is InChI=1S/C16H18FN3O3/c1-9-20-14-11(8-23-9)3-4-12(17)13(14)18-15(20)10-5-6-19(7-10)16(21)22-2/h3-4,9-10H,5-8H2,1-2H3/t9-,10-/m0/s1. The monoisotopic (exact) mass is 319 g/mol. The fourth-order valence-corrected chi connectivity index (χ4v) is 3.58. The average molecular weight is 319 g/mol. The Morgan fingerprint density at radius 2 is 2.30 bits per heavy atom. The van der Waals surface area contributed by atoms with Crippen LogP contribution in [0, 0.1) is 5.82 Å². The van der Waals surface area contributed by atoms with Crippen molar-refractivity contribution in [2.24, 2.45) is 0 Å². The number of ether oxygens (including phenoxy) is 2. The van der Waals surface area contributed by atoms with Crippen molar-refractivity contribution in [2.45, 2.75) is 32.1 Å². The highest BCUT2D eigenvalue weighted by molar-refractivity contribution is 5.81. The van der Waals surface area contributed by atoms with Crippen LogP contribution in [0.1, 0.15) is 36.9 Å². The number of imidazole rings is 1. The molecule has 6 nitrogen and oxygen atoms in total. The SMILES string of the molecule is COC(=O)N1CC[C@H](c2nc3c(F)ccc4c3n2[C@H](C)OC4)C1. The van der Waals surface area contributed by atoms with Crippen LogP contribution in [-0.2, 0) is 16.1 Å². The van der Waals surface area contributed by atoms with Crippen LogP contribution >= 0.6 is 0 Å². The molecule has 122 valence electrons. The van der Waals surface area contributed by atoms with Crippen LogP contribution in [0.5, 0.6) is 0 Å². The van der Waals surface area contributed by atoms with Crippen molar-refractivity contribution in [3.05, 3.63) is 29.3 Å². The molecule has 1 amide bonds. The smallest absolute Gasteiger partial charge is 0.409 e. The van der Waals surface area contributed by atoms with Crippen molar-refractivity contribution in [1.82, 2.24) is 14.5 Å². The number of carbonyl (C=O) groups is 1. The van der Waals surface area contributed by atoms with E-state index in [1.165, 1.54) is 13.2 Å². The Morgan fingerprint density at radius 3 is 3.09 bits per heavy atom. The average Bonchev–Trinajstić information content (AvgIpc) is 3.18. The number of hydrogen-bond donors (Lipinski definition) is 0. The summed E-state index contributed by atoms with van der Waals surface area (Å²) < 4.78 is 26.7. The summed E-state index contributed by atoms with van der Waals surface area (Å²) in [7, 11) is 1.38. The number of rotatable bonds is 1. The Labute approximate surface area is 132 Å². The minimum Gasteiger partial charge on any atom is -0.453 e. The fraction of sp³-hybridized carbons (Fsp3) is 0.500. The van der Waals surface area contributed by atoms with Gasteiger partial charge in [-0.3, -0.25) is 0 Å². The maximum absolute atomic E-state index is 14.2. The van der Waals surface area contributed by atoms with E-state index in [4.69, 9.17) is 9.47 Å². The first kappa shape index (κ1) is 14.4. The molecule has 2 aromatic rings. The predicted octanol–water partition coefficient (Wildman–Crippen LogP) is 2.78. The fourth-order valence-electron chi connectivity index (χ4n) is 3.58. The third-order valence-electron chi connectivity index (χ3n) is 4.73. The quantitative estimate of drug-likeness (QED) is 0.811. The molecule has 0 spiro atoms. The van der Waals surface area contributed by atoms with Crippen molar-refractivity contribution in [2.75, 3.05) is 20.2 Å². The van der Waals surface area contributed by atoms with Gasteiger partial charge in [-0.2, -0.15) is 0 Å². The summed E-state index contributed by atoms with van der Waals surface area (Å²) in [5, 5.41) is 0. The van der Waals surface area contributed by atoms with Crippen molar-refractivity contribution in [3.63, 3.8) is 0 Å². The molecular formula is C16H18FN3O3. The van der Waals surface area contributed by atoms with E-state index in [2.05, 4.69) is 4.98 Å². The van der Waals surface area contributed by atoms with Gasteiger partial charge in [0.15, 0.2) is 5.82 Å². The van der Waals surface area contributed by atoms with E-state index in [0.29, 0.717) is 25.2 Å². The molecule has 0 radical (unpaired) electrons. The van der Waals surface area contributed by atoms with Crippen molar-refractivity contribution >= 4 is 17.1 Å². The highest BCUT2D eigenvalue weighted by atomic mass is 19.1. The summed E-state index contributed by atoms with van der Waals surface area (Å²) >= 11 is 0. The van der Waals surface area contributed by atoms with Crippen LogP contribution in [0.4, 0.5) is 9.18 Å². The molecule has 1 aromatic carbocycles. The lowest BCUT2D eigenvalue weighted by Crippen LogP contribution is -2.28. The van der Waals surface area contributed by atoms with Gasteiger partial charge in [-0.15, -0.1) is 0 Å². The van der Waals surface area contributed by atoms with Crippen LogP contribution < -0.4 is 0 Å². The number of aromatic nitrogens is 2. The van der Waals surface area contributed by atoms with E-state index < -0.39 is 0 Å². The number of methoxy groups -OCH3 is 1. The largest absolute Gasteiger partial charge is 0.453 e. The van der Waals surface area contributed by atoms with Gasteiger partial charge in [-0.1, -0.05) is 6.07 Å². The summed E-state index contributed by atoms with van der Waals surface area (Å²) in [6, 6.07) is 3.19. The molecule has 3 heterocycles. The van der Waals surface area contributed by atoms with Gasteiger partial charge in [0, 0.05) is 24.6 Å². The number of likely N-dealkylation sites (tertiary alicyclic amines) is 1. The van der Waals surface area contributed by atoms with E-state index in [1.807, 2.05) is 11.5 Å². The highest BCUT2D eigenvalue weighted by Crippen LogP contribution is 2.37. The second-order valence-corrected chi connectivity index (χ2v) is 6.06. The third kappa shape index (κ3) is 2.10. The van der Waals surface area contributed by atoms with Gasteiger partial charge in [0.1, 0.15) is 17.6 Å². The summed E-state index contributed by atoms with van der Waals surface area (Å²) in [6.07, 6.45) is 0.247. The van der Waals surface area contributed by atoms with Gasteiger partial charge in [0.25, 0.3) is 0 Å². The van der Waals surface area contributed by atoms with Crippen molar-refractivity contribution in [1.29, 1.82) is 0 Å². The number of nitrogens with zero attached hydrogens (tertiary/aromatic N) is 3. The molecule has 2 atom stereocenters. The highest BCUT2D eigenvalue weighted by Gasteiger charge is 2.34. The number of hydrogen-bond acceptors (Lipinski definition) is 4. The zero-order valence-electron chi connectivity index (χ0n) is 13.1. The zero-order chi connectivity index (χ0) is 16.1. The summed E-state index contributed by atoms with van der Waals surface area (Å²) in [5.74, 6) is 0.517. The molecule has 2 aliphatic heterocycles. The van der Waals surface area contributed by atoms with Crippen LogP contribution in [0.3, 0.4) is 0 Å². The molecule has 0 bridgehead atoms. The Kier molecular flexibility index (Phi) is 3.26. The topological polar surface area (TPSA) is 56.6 Å². The van der Waals surface area contributed by atoms with Crippen LogP contribution in [-0.4, -0.2) is 40.7 Å². The Bertz CT molecular complexity index is 788. The molecule has 0 N–H and O–H groups in total. The zero-order valence-corrected chi connectivity index (χ0v) is 13.1. The van der Waals surface area contributed by atoms with Gasteiger partial charge in [-0.25, -0.2) is 14.2 Å². The van der Waals surface area contributed by atoms with Gasteiger partial charge >= 0.3 is 6.09 Å². The number of benzene rings is 1. The number of halogens is 1. The maximum atomic E-state index is 14.2. The maximum Gasteiger partial charge on any atom is 0.409 e. The Hall–Kier alpha value is -2.15. The molecule has 0 aliphatic carbocycles. The normalized spacial score (nSPS) is 23.5. The molecule has 4 rings (SSSR count). The van der Waals surface area contributed by atoms with Gasteiger partial charge in [-0.05, 0) is 19.4 Å². The summed E-state index contributed by atoms with van der Waals surface area (Å²) in [5.41, 5.74) is 2.15. The van der Waals surface area contributed by atoms with E-state index in [0.717, 1.165) is 23.3 Å². The lowest BCUT2D eigenvalue weighted by atomic mass is 10.1. The second-order valence-electron chi connectivity index (χ2n) is 6.06. The van der Waals surface area contributed by atoms with E-state index in [9.17, 15) is 9.18 Å². The van der Waals surface area contributed by atoms with Gasteiger partial charge in [0.05, 0.1) is 19.2 Å². The first-order chi connectivity index (χ1) is 11.1. The number of amides is 1. The number of carbonyl (C=O) groups excluding carboxylic acids is 1. The molecule has 1 aromatic heterocycles.